The molecule has 2 aliphatic rings. The van der Waals surface area contributed by atoms with E-state index in [9.17, 15) is 5.11 Å². The molecule has 3 nitrogen and oxygen atoms in total. The van der Waals surface area contributed by atoms with Crippen LogP contribution >= 0.6 is 11.8 Å². The largest absolute Gasteiger partial charge is 0.385 e. The first-order valence-corrected chi connectivity index (χ1v) is 8.66. The third-order valence-electron chi connectivity index (χ3n) is 4.95. The minimum absolute atomic E-state index is 0.0236. The molecule has 0 amide bonds. The van der Waals surface area contributed by atoms with Crippen molar-refractivity contribution in [2.75, 3.05) is 18.1 Å². The van der Waals surface area contributed by atoms with Gasteiger partial charge in [0.25, 0.3) is 0 Å². The first kappa shape index (κ1) is 14.9. The minimum Gasteiger partial charge on any atom is -0.385 e. The quantitative estimate of drug-likeness (QED) is 0.912. The second kappa shape index (κ2) is 5.64. The monoisotopic (exact) mass is 303 g/mol. The smallest absolute Gasteiger partial charge is 0.0991 e. The molecule has 2 heterocycles. The fourth-order valence-corrected chi connectivity index (χ4v) is 4.87. The highest BCUT2D eigenvalue weighted by Gasteiger charge is 2.46. The standard InChI is InChI=1S/C17H21NO2S/c1-16(19,14-4-2-13(11-18)3-5-14)15-6-8-20-17(10-15)7-9-21-12-17/h2-5,15,19H,6-10,12H2,1H3. The Balaban J connectivity index is 1.81. The lowest BCUT2D eigenvalue weighted by molar-refractivity contribution is -0.129. The van der Waals surface area contributed by atoms with Crippen molar-refractivity contribution in [2.45, 2.75) is 37.4 Å². The molecule has 112 valence electrons. The van der Waals surface area contributed by atoms with Gasteiger partial charge in [0.15, 0.2) is 0 Å². The molecule has 0 radical (unpaired) electrons. The van der Waals surface area contributed by atoms with E-state index in [1.54, 1.807) is 12.1 Å². The predicted octanol–water partition coefficient (Wildman–Crippen LogP) is 3.07. The van der Waals surface area contributed by atoms with Crippen LogP contribution < -0.4 is 0 Å². The molecule has 3 unspecified atom stereocenters. The van der Waals surface area contributed by atoms with Crippen LogP contribution in [-0.4, -0.2) is 28.8 Å². The lowest BCUT2D eigenvalue weighted by Crippen LogP contribution is -2.46. The second-order valence-corrected chi connectivity index (χ2v) is 7.47. The van der Waals surface area contributed by atoms with Crippen LogP contribution in [0, 0.1) is 17.2 Å². The number of thioether (sulfide) groups is 1. The lowest BCUT2D eigenvalue weighted by atomic mass is 9.73. The van der Waals surface area contributed by atoms with E-state index in [0.29, 0.717) is 5.56 Å². The molecule has 1 spiro atoms. The van der Waals surface area contributed by atoms with Crippen LogP contribution in [0.15, 0.2) is 24.3 Å². The van der Waals surface area contributed by atoms with Crippen LogP contribution in [0.25, 0.3) is 0 Å². The van der Waals surface area contributed by atoms with E-state index in [1.165, 1.54) is 0 Å². The number of aliphatic hydroxyl groups is 1. The summed E-state index contributed by atoms with van der Waals surface area (Å²) in [6, 6.07) is 9.44. The summed E-state index contributed by atoms with van der Waals surface area (Å²) >= 11 is 1.95. The van der Waals surface area contributed by atoms with Gasteiger partial charge in [-0.05, 0) is 55.6 Å². The molecule has 4 heteroatoms. The Morgan fingerprint density at radius 2 is 2.19 bits per heavy atom. The summed E-state index contributed by atoms with van der Waals surface area (Å²) in [5.74, 6) is 2.41. The fourth-order valence-electron chi connectivity index (χ4n) is 3.49. The van der Waals surface area contributed by atoms with Gasteiger partial charge in [0, 0.05) is 12.4 Å². The molecule has 1 N–H and O–H groups in total. The van der Waals surface area contributed by atoms with Crippen molar-refractivity contribution >= 4 is 11.8 Å². The van der Waals surface area contributed by atoms with Gasteiger partial charge in [-0.1, -0.05) is 12.1 Å². The highest BCUT2D eigenvalue weighted by atomic mass is 32.2. The molecule has 2 saturated heterocycles. The van der Waals surface area contributed by atoms with Crippen LogP contribution in [-0.2, 0) is 10.3 Å². The number of nitrogens with zero attached hydrogens (tertiary/aromatic N) is 1. The van der Waals surface area contributed by atoms with Crippen LogP contribution in [0.1, 0.15) is 37.3 Å². The van der Waals surface area contributed by atoms with Crippen LogP contribution in [0.5, 0.6) is 0 Å². The molecule has 3 atom stereocenters. The highest BCUT2D eigenvalue weighted by molar-refractivity contribution is 7.99. The zero-order chi connectivity index (χ0) is 14.9. The van der Waals surface area contributed by atoms with Gasteiger partial charge in [0.05, 0.1) is 22.8 Å². The van der Waals surface area contributed by atoms with E-state index in [2.05, 4.69) is 6.07 Å². The molecular formula is C17H21NO2S. The Morgan fingerprint density at radius 1 is 1.43 bits per heavy atom. The zero-order valence-electron chi connectivity index (χ0n) is 12.3. The number of ether oxygens (including phenoxy) is 1. The minimum atomic E-state index is -0.863. The first-order chi connectivity index (χ1) is 10.1. The third-order valence-corrected chi connectivity index (χ3v) is 6.18. The summed E-state index contributed by atoms with van der Waals surface area (Å²) in [6.07, 6.45) is 2.91. The molecule has 3 rings (SSSR count). The van der Waals surface area contributed by atoms with Crippen molar-refractivity contribution in [3.8, 4) is 6.07 Å². The zero-order valence-corrected chi connectivity index (χ0v) is 13.2. The SMILES string of the molecule is CC(O)(c1ccc(C#N)cc1)C1CCOC2(CCSC2)C1. The van der Waals surface area contributed by atoms with Gasteiger partial charge in [0.1, 0.15) is 0 Å². The number of rotatable bonds is 2. The topological polar surface area (TPSA) is 53.2 Å². The van der Waals surface area contributed by atoms with Crippen LogP contribution in [0.2, 0.25) is 0 Å². The fraction of sp³-hybridized carbons (Fsp3) is 0.588. The lowest BCUT2D eigenvalue weighted by Gasteiger charge is -2.43. The highest BCUT2D eigenvalue weighted by Crippen LogP contribution is 2.46. The summed E-state index contributed by atoms with van der Waals surface area (Å²) in [5, 5.41) is 20.0. The van der Waals surface area contributed by atoms with Gasteiger partial charge in [-0.3, -0.25) is 0 Å². The van der Waals surface area contributed by atoms with E-state index >= 15 is 0 Å². The summed E-state index contributed by atoms with van der Waals surface area (Å²) in [7, 11) is 0. The Bertz CT molecular complexity index is 541. The molecule has 0 bridgehead atoms. The van der Waals surface area contributed by atoms with Crippen molar-refractivity contribution in [1.82, 2.24) is 0 Å². The molecule has 1 aromatic rings. The summed E-state index contributed by atoms with van der Waals surface area (Å²) < 4.78 is 6.05. The summed E-state index contributed by atoms with van der Waals surface area (Å²) in [4.78, 5) is 0. The third kappa shape index (κ3) is 2.83. The molecule has 0 aliphatic carbocycles. The van der Waals surface area contributed by atoms with Crippen molar-refractivity contribution in [3.05, 3.63) is 35.4 Å². The van der Waals surface area contributed by atoms with E-state index < -0.39 is 5.60 Å². The average Bonchev–Trinajstić information content (AvgIpc) is 2.95. The van der Waals surface area contributed by atoms with Crippen LogP contribution in [0.4, 0.5) is 0 Å². The van der Waals surface area contributed by atoms with Gasteiger partial charge >= 0.3 is 0 Å². The maximum atomic E-state index is 11.1. The predicted molar refractivity (Wildman–Crippen MR) is 84.1 cm³/mol. The van der Waals surface area contributed by atoms with E-state index in [4.69, 9.17) is 10.00 Å². The van der Waals surface area contributed by atoms with Crippen LogP contribution in [0.3, 0.4) is 0 Å². The molecule has 0 aromatic heterocycles. The second-order valence-electron chi connectivity index (χ2n) is 6.36. The van der Waals surface area contributed by atoms with Gasteiger partial charge in [-0.15, -0.1) is 0 Å². The Hall–Kier alpha value is -1.02. The van der Waals surface area contributed by atoms with Crippen molar-refractivity contribution in [3.63, 3.8) is 0 Å². The Kier molecular flexibility index (Phi) is 4.00. The number of benzene rings is 1. The van der Waals surface area contributed by atoms with Gasteiger partial charge in [-0.2, -0.15) is 17.0 Å². The maximum Gasteiger partial charge on any atom is 0.0991 e. The first-order valence-electron chi connectivity index (χ1n) is 7.50. The number of nitriles is 1. The van der Waals surface area contributed by atoms with Gasteiger partial charge < -0.3 is 9.84 Å². The number of hydrogen-bond acceptors (Lipinski definition) is 4. The van der Waals surface area contributed by atoms with E-state index in [0.717, 1.165) is 42.9 Å². The molecule has 1 aromatic carbocycles. The normalized spacial score (nSPS) is 31.8. The van der Waals surface area contributed by atoms with Crippen molar-refractivity contribution in [1.29, 1.82) is 5.26 Å². The summed E-state index contributed by atoms with van der Waals surface area (Å²) in [6.45, 7) is 2.64. The van der Waals surface area contributed by atoms with Gasteiger partial charge in [-0.25, -0.2) is 0 Å². The summed E-state index contributed by atoms with van der Waals surface area (Å²) in [5.41, 5.74) is 0.640. The van der Waals surface area contributed by atoms with Crippen molar-refractivity contribution in [2.24, 2.45) is 5.92 Å². The van der Waals surface area contributed by atoms with Crippen molar-refractivity contribution < 1.29 is 9.84 Å². The molecule has 0 saturated carbocycles. The van der Waals surface area contributed by atoms with E-state index in [1.807, 2.05) is 30.8 Å². The van der Waals surface area contributed by atoms with Gasteiger partial charge in [0.2, 0.25) is 0 Å². The molecule has 21 heavy (non-hydrogen) atoms. The number of hydrogen-bond donors (Lipinski definition) is 1. The maximum absolute atomic E-state index is 11.1. The average molecular weight is 303 g/mol. The molecule has 2 fully saturated rings. The molecular weight excluding hydrogens is 282 g/mol. The Morgan fingerprint density at radius 3 is 2.81 bits per heavy atom. The van der Waals surface area contributed by atoms with E-state index in [-0.39, 0.29) is 11.5 Å². The molecule has 2 aliphatic heterocycles. The Labute approximate surface area is 130 Å².